The number of ether oxygens (including phenoxy) is 2. The number of rotatable bonds is 3. The lowest BCUT2D eigenvalue weighted by atomic mass is 9.81. The molecule has 5 heteroatoms. The lowest BCUT2D eigenvalue weighted by molar-refractivity contribution is -0.122. The summed E-state index contributed by atoms with van der Waals surface area (Å²) in [6.45, 7) is 2.71. The minimum absolute atomic E-state index is 0.0173. The fraction of sp³-hybridized carbons (Fsp3) is 0.412. The highest BCUT2D eigenvalue weighted by Crippen LogP contribution is 2.38. The van der Waals surface area contributed by atoms with Crippen LogP contribution in [0.3, 0.4) is 0 Å². The van der Waals surface area contributed by atoms with Crippen LogP contribution in [0.25, 0.3) is 0 Å². The molecular weight excluding hydrogens is 284 g/mol. The number of aliphatic hydroxyl groups excluding tert-OH is 1. The van der Waals surface area contributed by atoms with Gasteiger partial charge in [-0.25, -0.2) is 0 Å². The highest BCUT2D eigenvalue weighted by atomic mass is 16.6. The predicted octanol–water partition coefficient (Wildman–Crippen LogP) is 2.70. The minimum Gasteiger partial charge on any atom is -0.511 e. The SMILES string of the molecule is CCC(=O)C1=C(O)CC(c2ccc3c(c2)OCCO3)CC1=O. The maximum absolute atomic E-state index is 12.2. The molecule has 0 amide bonds. The number of benzene rings is 1. The van der Waals surface area contributed by atoms with Crippen molar-refractivity contribution in [2.45, 2.75) is 32.1 Å². The molecule has 3 rings (SSSR count). The van der Waals surface area contributed by atoms with Gasteiger partial charge in [0.1, 0.15) is 19.0 Å². The maximum atomic E-state index is 12.2. The molecule has 0 saturated heterocycles. The lowest BCUT2D eigenvalue weighted by Crippen LogP contribution is -2.23. The summed E-state index contributed by atoms with van der Waals surface area (Å²) in [5.74, 6) is 0.548. The molecule has 1 N–H and O–H groups in total. The Hall–Kier alpha value is -2.30. The second kappa shape index (κ2) is 5.83. The van der Waals surface area contributed by atoms with Crippen LogP contribution in [0.4, 0.5) is 0 Å². The van der Waals surface area contributed by atoms with Gasteiger partial charge in [-0.1, -0.05) is 13.0 Å². The van der Waals surface area contributed by atoms with E-state index in [9.17, 15) is 14.7 Å². The van der Waals surface area contributed by atoms with Crippen LogP contribution in [0.5, 0.6) is 11.5 Å². The number of ketones is 2. The van der Waals surface area contributed by atoms with Crippen LogP contribution >= 0.6 is 0 Å². The van der Waals surface area contributed by atoms with E-state index in [1.54, 1.807) is 6.92 Å². The Labute approximate surface area is 128 Å². The first-order valence-corrected chi connectivity index (χ1v) is 7.48. The van der Waals surface area contributed by atoms with Crippen LogP contribution in [0.1, 0.15) is 37.7 Å². The van der Waals surface area contributed by atoms with Crippen molar-refractivity contribution in [1.82, 2.24) is 0 Å². The van der Waals surface area contributed by atoms with Gasteiger partial charge in [0, 0.05) is 19.3 Å². The average molecular weight is 302 g/mol. The Morgan fingerprint density at radius 3 is 2.64 bits per heavy atom. The highest BCUT2D eigenvalue weighted by Gasteiger charge is 2.32. The summed E-state index contributed by atoms with van der Waals surface area (Å²) in [6, 6.07) is 5.56. The van der Waals surface area contributed by atoms with Crippen LogP contribution in [0, 0.1) is 0 Å². The summed E-state index contributed by atoms with van der Waals surface area (Å²) in [7, 11) is 0. The zero-order valence-corrected chi connectivity index (χ0v) is 12.4. The van der Waals surface area contributed by atoms with Crippen molar-refractivity contribution >= 4 is 11.6 Å². The van der Waals surface area contributed by atoms with E-state index in [0.717, 1.165) is 5.56 Å². The number of hydrogen-bond acceptors (Lipinski definition) is 5. The quantitative estimate of drug-likeness (QED) is 0.869. The molecule has 0 fully saturated rings. The first-order valence-electron chi connectivity index (χ1n) is 7.48. The second-order valence-corrected chi connectivity index (χ2v) is 5.53. The summed E-state index contributed by atoms with van der Waals surface area (Å²) < 4.78 is 11.0. The number of fused-ring (bicyclic) bond motifs is 1. The number of allylic oxidation sites excluding steroid dienone is 2. The molecule has 0 aromatic heterocycles. The molecule has 1 aromatic rings. The number of Topliss-reactive ketones (excluding diaryl/α,β-unsaturated/α-hetero) is 2. The summed E-state index contributed by atoms with van der Waals surface area (Å²) >= 11 is 0. The van der Waals surface area contributed by atoms with Crippen LogP contribution in [-0.4, -0.2) is 29.9 Å². The molecule has 0 bridgehead atoms. The number of carbonyl (C=O) groups excluding carboxylic acids is 2. The fourth-order valence-corrected chi connectivity index (χ4v) is 2.94. The normalized spacial score (nSPS) is 21.0. The van der Waals surface area contributed by atoms with Gasteiger partial charge in [-0.3, -0.25) is 9.59 Å². The Morgan fingerprint density at radius 1 is 1.23 bits per heavy atom. The van der Waals surface area contributed by atoms with E-state index in [0.29, 0.717) is 31.1 Å². The van der Waals surface area contributed by atoms with Crippen molar-refractivity contribution in [3.63, 3.8) is 0 Å². The second-order valence-electron chi connectivity index (χ2n) is 5.53. The first kappa shape index (κ1) is 14.6. The molecule has 2 aliphatic rings. The van der Waals surface area contributed by atoms with Gasteiger partial charge in [0.25, 0.3) is 0 Å². The topological polar surface area (TPSA) is 72.8 Å². The number of hydrogen-bond donors (Lipinski definition) is 1. The Bertz CT molecular complexity index is 659. The third kappa shape index (κ3) is 2.58. The number of aliphatic hydroxyl groups is 1. The Kier molecular flexibility index (Phi) is 3.88. The van der Waals surface area contributed by atoms with Gasteiger partial charge in [-0.2, -0.15) is 0 Å². The molecule has 1 heterocycles. The van der Waals surface area contributed by atoms with Crippen molar-refractivity contribution in [2.24, 2.45) is 0 Å². The molecule has 5 nitrogen and oxygen atoms in total. The van der Waals surface area contributed by atoms with E-state index >= 15 is 0 Å². The molecule has 0 spiro atoms. The van der Waals surface area contributed by atoms with E-state index in [4.69, 9.17) is 9.47 Å². The summed E-state index contributed by atoms with van der Waals surface area (Å²) in [4.78, 5) is 23.9. The zero-order chi connectivity index (χ0) is 15.7. The zero-order valence-electron chi connectivity index (χ0n) is 12.4. The summed E-state index contributed by atoms with van der Waals surface area (Å²) in [6.07, 6.45) is 0.747. The van der Waals surface area contributed by atoms with Gasteiger partial charge in [0.05, 0.1) is 5.57 Å². The molecule has 116 valence electrons. The van der Waals surface area contributed by atoms with Gasteiger partial charge in [-0.15, -0.1) is 0 Å². The Morgan fingerprint density at radius 2 is 1.95 bits per heavy atom. The van der Waals surface area contributed by atoms with Gasteiger partial charge >= 0.3 is 0 Å². The number of carbonyl (C=O) groups is 2. The van der Waals surface area contributed by atoms with Crippen molar-refractivity contribution in [1.29, 1.82) is 0 Å². The summed E-state index contributed by atoms with van der Waals surface area (Å²) in [5.41, 5.74) is 0.892. The van der Waals surface area contributed by atoms with Crippen LogP contribution in [-0.2, 0) is 9.59 Å². The molecule has 0 saturated carbocycles. The van der Waals surface area contributed by atoms with Crippen LogP contribution in [0.2, 0.25) is 0 Å². The fourth-order valence-electron chi connectivity index (χ4n) is 2.94. The van der Waals surface area contributed by atoms with Crippen LogP contribution in [0.15, 0.2) is 29.5 Å². The monoisotopic (exact) mass is 302 g/mol. The maximum Gasteiger partial charge on any atom is 0.170 e. The third-order valence-electron chi connectivity index (χ3n) is 4.08. The molecule has 22 heavy (non-hydrogen) atoms. The first-order chi connectivity index (χ1) is 10.6. The smallest absolute Gasteiger partial charge is 0.170 e. The van der Waals surface area contributed by atoms with Crippen molar-refractivity contribution in [3.05, 3.63) is 35.1 Å². The Balaban J connectivity index is 1.87. The highest BCUT2D eigenvalue weighted by molar-refractivity contribution is 6.21. The molecule has 1 aliphatic carbocycles. The van der Waals surface area contributed by atoms with Crippen LogP contribution < -0.4 is 9.47 Å². The van der Waals surface area contributed by atoms with Crippen molar-refractivity contribution in [2.75, 3.05) is 13.2 Å². The van der Waals surface area contributed by atoms with E-state index in [2.05, 4.69) is 0 Å². The molecule has 0 radical (unpaired) electrons. The molecule has 1 aliphatic heterocycles. The van der Waals surface area contributed by atoms with Crippen molar-refractivity contribution in [3.8, 4) is 11.5 Å². The third-order valence-corrected chi connectivity index (χ3v) is 4.08. The van der Waals surface area contributed by atoms with E-state index < -0.39 is 0 Å². The largest absolute Gasteiger partial charge is 0.511 e. The van der Waals surface area contributed by atoms with Gasteiger partial charge < -0.3 is 14.6 Å². The average Bonchev–Trinajstić information content (AvgIpc) is 2.53. The molecule has 1 aromatic carbocycles. The van der Waals surface area contributed by atoms with E-state index in [1.165, 1.54) is 0 Å². The van der Waals surface area contributed by atoms with Gasteiger partial charge in [0.2, 0.25) is 0 Å². The summed E-state index contributed by atoms with van der Waals surface area (Å²) in [5, 5.41) is 10.1. The van der Waals surface area contributed by atoms with Gasteiger partial charge in [0.15, 0.2) is 23.1 Å². The molecular formula is C17H18O5. The minimum atomic E-state index is -0.289. The molecule has 1 unspecified atom stereocenters. The predicted molar refractivity (Wildman–Crippen MR) is 79.4 cm³/mol. The van der Waals surface area contributed by atoms with Gasteiger partial charge in [-0.05, 0) is 23.6 Å². The lowest BCUT2D eigenvalue weighted by Gasteiger charge is -2.25. The van der Waals surface area contributed by atoms with Crippen molar-refractivity contribution < 1.29 is 24.2 Å². The van der Waals surface area contributed by atoms with E-state index in [1.807, 2.05) is 18.2 Å². The molecule has 1 atom stereocenters. The standard InChI is InChI=1S/C17H18O5/c1-2-12(18)17-13(19)7-11(8-14(17)20)10-3-4-15-16(9-10)22-6-5-21-15/h3-4,9,11,19H,2,5-8H2,1H3. The van der Waals surface area contributed by atoms with E-state index in [-0.39, 0.29) is 41.7 Å².